The molecule has 0 aromatic carbocycles. The van der Waals surface area contributed by atoms with E-state index < -0.39 is 0 Å². The summed E-state index contributed by atoms with van der Waals surface area (Å²) in [5.41, 5.74) is 5.49. The van der Waals surface area contributed by atoms with Crippen molar-refractivity contribution in [2.45, 2.75) is 19.8 Å². The van der Waals surface area contributed by atoms with Gasteiger partial charge in [-0.05, 0) is 43.7 Å². The molecular weight excluding hydrogens is 426 g/mol. The number of likely N-dealkylation sites (N-methyl/N-ethyl adjacent to an activating group) is 1. The lowest BCUT2D eigenvalue weighted by Crippen LogP contribution is -2.49. The molecule has 0 bridgehead atoms. The van der Waals surface area contributed by atoms with Crippen LogP contribution in [0, 0.1) is 5.92 Å². The molecule has 3 aromatic heterocycles. The first kappa shape index (κ1) is 21.4. The van der Waals surface area contributed by atoms with E-state index in [9.17, 15) is 4.79 Å². The molecule has 5 heterocycles. The van der Waals surface area contributed by atoms with Gasteiger partial charge in [-0.2, -0.15) is 5.10 Å². The second-order valence-corrected chi connectivity index (χ2v) is 9.68. The number of rotatable bonds is 5. The summed E-state index contributed by atoms with van der Waals surface area (Å²) in [7, 11) is 0. The van der Waals surface area contributed by atoms with Crippen LogP contribution in [0.25, 0.3) is 16.8 Å². The van der Waals surface area contributed by atoms with Gasteiger partial charge in [0.25, 0.3) is 0 Å². The number of carbonyl (C=O) groups excluding carboxylic acids is 1. The number of hydrogen-bond acceptors (Lipinski definition) is 6. The number of pyridine rings is 1. The van der Waals surface area contributed by atoms with Crippen molar-refractivity contribution in [1.82, 2.24) is 24.4 Å². The van der Waals surface area contributed by atoms with Crippen molar-refractivity contribution in [2.24, 2.45) is 5.92 Å². The van der Waals surface area contributed by atoms with Gasteiger partial charge in [0.15, 0.2) is 0 Å². The first-order valence-electron chi connectivity index (χ1n) is 12.6. The molecule has 2 saturated heterocycles. The summed E-state index contributed by atoms with van der Waals surface area (Å²) in [4.78, 5) is 26.5. The maximum atomic E-state index is 12.4. The van der Waals surface area contributed by atoms with E-state index in [1.807, 2.05) is 21.8 Å². The Balaban J connectivity index is 1.18. The minimum Gasteiger partial charge on any atom is -0.368 e. The predicted octanol–water partition coefficient (Wildman–Crippen LogP) is 2.60. The second-order valence-electron chi connectivity index (χ2n) is 9.68. The van der Waals surface area contributed by atoms with Gasteiger partial charge in [-0.15, -0.1) is 0 Å². The van der Waals surface area contributed by atoms with Crippen LogP contribution in [0.1, 0.15) is 19.8 Å². The maximum Gasteiger partial charge on any atom is 0.225 e. The molecule has 3 aliphatic rings. The van der Waals surface area contributed by atoms with Crippen molar-refractivity contribution in [3.63, 3.8) is 0 Å². The van der Waals surface area contributed by atoms with Crippen LogP contribution >= 0.6 is 0 Å². The number of nitrogens with zero attached hydrogens (tertiary/aromatic N) is 7. The van der Waals surface area contributed by atoms with Gasteiger partial charge >= 0.3 is 0 Å². The Kier molecular flexibility index (Phi) is 5.61. The summed E-state index contributed by atoms with van der Waals surface area (Å²) < 4.78 is 1.95. The second kappa shape index (κ2) is 8.91. The van der Waals surface area contributed by atoms with Crippen LogP contribution in [-0.4, -0.2) is 89.2 Å². The molecule has 1 saturated carbocycles. The van der Waals surface area contributed by atoms with Gasteiger partial charge < -0.3 is 19.6 Å². The van der Waals surface area contributed by atoms with Gasteiger partial charge in [-0.3, -0.25) is 9.78 Å². The molecule has 3 aromatic rings. The molecule has 1 amide bonds. The Labute approximate surface area is 200 Å². The quantitative estimate of drug-likeness (QED) is 0.585. The van der Waals surface area contributed by atoms with Crippen LogP contribution in [0.5, 0.6) is 0 Å². The third-order valence-electron chi connectivity index (χ3n) is 7.57. The molecule has 8 heteroatoms. The Hall–Kier alpha value is -3.13. The summed E-state index contributed by atoms with van der Waals surface area (Å²) in [5.74, 6) is 0.651. The average Bonchev–Trinajstić information content (AvgIpc) is 3.66. The number of aromatic nitrogens is 3. The van der Waals surface area contributed by atoms with Crippen LogP contribution in [0.4, 0.5) is 11.4 Å². The molecule has 0 radical (unpaired) electrons. The fourth-order valence-corrected chi connectivity index (χ4v) is 5.23. The highest BCUT2D eigenvalue weighted by Gasteiger charge is 2.34. The average molecular weight is 460 g/mol. The highest BCUT2D eigenvalue weighted by atomic mass is 16.2. The third-order valence-corrected chi connectivity index (χ3v) is 7.57. The Morgan fingerprint density at radius 2 is 1.74 bits per heavy atom. The molecule has 178 valence electrons. The molecular formula is C26H33N7O. The van der Waals surface area contributed by atoms with Gasteiger partial charge in [0.05, 0.1) is 28.8 Å². The van der Waals surface area contributed by atoms with Gasteiger partial charge in [0.1, 0.15) is 0 Å². The highest BCUT2D eigenvalue weighted by Crippen LogP contribution is 2.32. The lowest BCUT2D eigenvalue weighted by Gasteiger charge is -2.36. The summed E-state index contributed by atoms with van der Waals surface area (Å²) >= 11 is 0. The molecule has 0 atom stereocenters. The van der Waals surface area contributed by atoms with Gasteiger partial charge in [-0.25, -0.2) is 4.52 Å². The Morgan fingerprint density at radius 3 is 2.41 bits per heavy atom. The maximum absolute atomic E-state index is 12.4. The molecule has 0 N–H and O–H groups in total. The fraction of sp³-hybridized carbons (Fsp3) is 0.500. The summed E-state index contributed by atoms with van der Waals surface area (Å²) in [6.07, 6.45) is 8.07. The minimum absolute atomic E-state index is 0.298. The minimum atomic E-state index is 0.298. The van der Waals surface area contributed by atoms with Crippen LogP contribution in [0.2, 0.25) is 0 Å². The number of piperazine rings is 2. The van der Waals surface area contributed by atoms with E-state index in [0.717, 1.165) is 88.5 Å². The fourth-order valence-electron chi connectivity index (χ4n) is 5.23. The lowest BCUT2D eigenvalue weighted by atomic mass is 10.2. The zero-order chi connectivity index (χ0) is 23.1. The van der Waals surface area contributed by atoms with Gasteiger partial charge in [-0.1, -0.05) is 6.92 Å². The van der Waals surface area contributed by atoms with Crippen molar-refractivity contribution >= 4 is 22.8 Å². The van der Waals surface area contributed by atoms with E-state index in [2.05, 4.69) is 57.2 Å². The van der Waals surface area contributed by atoms with E-state index in [1.54, 1.807) is 0 Å². The molecule has 0 spiro atoms. The van der Waals surface area contributed by atoms with Gasteiger partial charge in [0.2, 0.25) is 5.91 Å². The van der Waals surface area contributed by atoms with Crippen LogP contribution in [-0.2, 0) is 4.79 Å². The molecule has 2 aliphatic heterocycles. The summed E-state index contributed by atoms with van der Waals surface area (Å²) in [6, 6.07) is 8.59. The number of hydrogen-bond donors (Lipinski definition) is 0. The molecule has 8 nitrogen and oxygen atoms in total. The topological polar surface area (TPSA) is 60.2 Å². The normalized spacial score (nSPS) is 19.7. The van der Waals surface area contributed by atoms with Crippen LogP contribution in [0.15, 0.2) is 42.9 Å². The van der Waals surface area contributed by atoms with Crippen molar-refractivity contribution in [1.29, 1.82) is 0 Å². The monoisotopic (exact) mass is 459 g/mol. The first-order valence-corrected chi connectivity index (χ1v) is 12.6. The van der Waals surface area contributed by atoms with Crippen molar-refractivity contribution in [2.75, 3.05) is 68.7 Å². The van der Waals surface area contributed by atoms with Crippen molar-refractivity contribution < 1.29 is 4.79 Å². The largest absolute Gasteiger partial charge is 0.368 e. The zero-order valence-electron chi connectivity index (χ0n) is 19.9. The van der Waals surface area contributed by atoms with Crippen molar-refractivity contribution in [3.8, 4) is 11.3 Å². The zero-order valence-corrected chi connectivity index (χ0v) is 19.9. The van der Waals surface area contributed by atoms with E-state index in [4.69, 9.17) is 4.98 Å². The SMILES string of the molecule is CCN1CCN(c2ccc(-c3cc4c(N5CCN(C(=O)C6CC6)CC5)ccnn4c3)nc2)CC1. The molecule has 0 unspecified atom stereocenters. The predicted molar refractivity (Wildman–Crippen MR) is 134 cm³/mol. The highest BCUT2D eigenvalue weighted by molar-refractivity contribution is 5.82. The van der Waals surface area contributed by atoms with E-state index in [1.165, 1.54) is 11.4 Å². The molecule has 34 heavy (non-hydrogen) atoms. The third kappa shape index (κ3) is 4.11. The Bertz CT molecular complexity index is 1150. The number of amides is 1. The lowest BCUT2D eigenvalue weighted by molar-refractivity contribution is -0.132. The molecule has 3 fully saturated rings. The van der Waals surface area contributed by atoms with E-state index >= 15 is 0 Å². The Morgan fingerprint density at radius 1 is 0.971 bits per heavy atom. The van der Waals surface area contributed by atoms with E-state index in [-0.39, 0.29) is 0 Å². The summed E-state index contributed by atoms with van der Waals surface area (Å²) in [5, 5.41) is 4.55. The van der Waals surface area contributed by atoms with Crippen molar-refractivity contribution in [3.05, 3.63) is 42.9 Å². The standard InChI is InChI=1S/C26H33N7O/c1-2-29-9-11-30(12-10-29)22-5-6-23(27-18-22)21-17-25-24(7-8-28-33(25)19-21)31-13-15-32(16-14-31)26(34)20-3-4-20/h5-8,17-20H,2-4,9-16H2,1H3. The van der Waals surface area contributed by atoms with Gasteiger partial charge in [0, 0.05) is 76.2 Å². The number of fused-ring (bicyclic) bond motifs is 1. The van der Waals surface area contributed by atoms with Crippen LogP contribution in [0.3, 0.4) is 0 Å². The molecule has 1 aliphatic carbocycles. The number of anilines is 2. The number of carbonyl (C=O) groups is 1. The molecule has 6 rings (SSSR count). The summed E-state index contributed by atoms with van der Waals surface area (Å²) in [6.45, 7) is 11.0. The smallest absolute Gasteiger partial charge is 0.225 e. The van der Waals surface area contributed by atoms with E-state index in [0.29, 0.717) is 11.8 Å². The first-order chi connectivity index (χ1) is 16.7. The van der Waals surface area contributed by atoms with Crippen LogP contribution < -0.4 is 9.80 Å².